The number of carbonyl (C=O) groups excluding carboxylic acids is 1. The second-order valence-electron chi connectivity index (χ2n) is 6.99. The van der Waals surface area contributed by atoms with Gasteiger partial charge in [0.05, 0.1) is 11.6 Å². The topological polar surface area (TPSA) is 57.1 Å². The Hall–Kier alpha value is -2.99. The first kappa shape index (κ1) is 23.2. The number of cyclic esters (lactones) is 1. The number of rotatable bonds is 7. The van der Waals surface area contributed by atoms with Gasteiger partial charge in [-0.15, -0.1) is 0 Å². The van der Waals surface area contributed by atoms with Crippen LogP contribution in [-0.2, 0) is 16.1 Å². The van der Waals surface area contributed by atoms with Crippen LogP contribution in [0.15, 0.2) is 71.4 Å². The summed E-state index contributed by atoms with van der Waals surface area (Å²) in [6.07, 6.45) is 1.58. The molecule has 33 heavy (non-hydrogen) atoms. The molecule has 8 heteroatoms. The van der Waals surface area contributed by atoms with E-state index >= 15 is 0 Å². The van der Waals surface area contributed by atoms with E-state index in [9.17, 15) is 4.79 Å². The summed E-state index contributed by atoms with van der Waals surface area (Å²) in [4.78, 5) is 16.7. The third kappa shape index (κ3) is 5.50. The van der Waals surface area contributed by atoms with Crippen LogP contribution in [-0.4, -0.2) is 18.5 Å². The Morgan fingerprint density at radius 2 is 1.79 bits per heavy atom. The number of ether oxygens (including phenoxy) is 3. The molecule has 3 aromatic rings. The minimum Gasteiger partial charge on any atom is -0.490 e. The highest BCUT2D eigenvalue weighted by molar-refractivity contribution is 6.32. The predicted molar refractivity (Wildman–Crippen MR) is 130 cm³/mol. The molecule has 0 aliphatic carbocycles. The van der Waals surface area contributed by atoms with Crippen molar-refractivity contribution in [1.82, 2.24) is 0 Å². The molecule has 0 aromatic heterocycles. The first-order chi connectivity index (χ1) is 15.9. The lowest BCUT2D eigenvalue weighted by Gasteiger charge is -2.15. The van der Waals surface area contributed by atoms with E-state index in [1.54, 1.807) is 48.5 Å². The second-order valence-corrected chi connectivity index (χ2v) is 8.24. The molecule has 1 aliphatic rings. The van der Waals surface area contributed by atoms with E-state index < -0.39 is 5.97 Å². The van der Waals surface area contributed by atoms with Crippen LogP contribution in [0.3, 0.4) is 0 Å². The van der Waals surface area contributed by atoms with E-state index in [1.165, 1.54) is 0 Å². The van der Waals surface area contributed by atoms with Gasteiger partial charge in [-0.1, -0.05) is 59.1 Å². The third-order valence-corrected chi connectivity index (χ3v) is 5.54. The number of halogens is 3. The van der Waals surface area contributed by atoms with Gasteiger partial charge in [-0.3, -0.25) is 0 Å². The zero-order chi connectivity index (χ0) is 23.4. The number of benzene rings is 3. The van der Waals surface area contributed by atoms with E-state index in [2.05, 4.69) is 4.99 Å². The van der Waals surface area contributed by atoms with Crippen LogP contribution in [0.25, 0.3) is 6.08 Å². The summed E-state index contributed by atoms with van der Waals surface area (Å²) in [5.74, 6) is 0.440. The molecule has 0 fully saturated rings. The fraction of sp³-hybridized carbons (Fsp3) is 0.120. The fourth-order valence-electron chi connectivity index (χ4n) is 3.15. The Morgan fingerprint density at radius 3 is 2.55 bits per heavy atom. The Morgan fingerprint density at radius 1 is 0.970 bits per heavy atom. The maximum Gasteiger partial charge on any atom is 0.363 e. The molecule has 5 nitrogen and oxygen atoms in total. The number of hydrogen-bond acceptors (Lipinski definition) is 5. The molecule has 4 rings (SSSR count). The number of esters is 1. The van der Waals surface area contributed by atoms with E-state index in [4.69, 9.17) is 49.0 Å². The van der Waals surface area contributed by atoms with Crippen molar-refractivity contribution in [3.05, 3.63) is 98.1 Å². The van der Waals surface area contributed by atoms with Crippen molar-refractivity contribution >= 4 is 52.7 Å². The minimum absolute atomic E-state index is 0.133. The van der Waals surface area contributed by atoms with Gasteiger partial charge in [0.2, 0.25) is 5.90 Å². The Labute approximate surface area is 206 Å². The van der Waals surface area contributed by atoms with Crippen LogP contribution in [0.5, 0.6) is 11.5 Å². The SMILES string of the molecule is CCOc1cc(C=C2N=C(c3cccc(Cl)c3)OC2=O)cc(Cl)c1OCc1ccccc1Cl. The second kappa shape index (κ2) is 10.3. The van der Waals surface area contributed by atoms with Gasteiger partial charge in [-0.05, 0) is 55.0 Å². The van der Waals surface area contributed by atoms with Crippen LogP contribution in [0.4, 0.5) is 0 Å². The Balaban J connectivity index is 1.62. The molecule has 0 spiro atoms. The van der Waals surface area contributed by atoms with Crippen LogP contribution in [0, 0.1) is 0 Å². The van der Waals surface area contributed by atoms with Gasteiger partial charge in [0.15, 0.2) is 17.2 Å². The summed E-state index contributed by atoms with van der Waals surface area (Å²) in [5, 5.41) is 1.44. The van der Waals surface area contributed by atoms with Crippen molar-refractivity contribution in [3.8, 4) is 11.5 Å². The molecule has 0 saturated heterocycles. The van der Waals surface area contributed by atoms with Crippen molar-refractivity contribution in [2.75, 3.05) is 6.61 Å². The van der Waals surface area contributed by atoms with Crippen LogP contribution in [0.1, 0.15) is 23.6 Å². The van der Waals surface area contributed by atoms with Crippen molar-refractivity contribution in [3.63, 3.8) is 0 Å². The largest absolute Gasteiger partial charge is 0.490 e. The zero-order valence-electron chi connectivity index (χ0n) is 17.5. The summed E-state index contributed by atoms with van der Waals surface area (Å²) < 4.78 is 17.0. The molecular weight excluding hydrogens is 485 g/mol. The van der Waals surface area contributed by atoms with E-state index in [0.717, 1.165) is 5.56 Å². The zero-order valence-corrected chi connectivity index (χ0v) is 19.7. The van der Waals surface area contributed by atoms with Gasteiger partial charge >= 0.3 is 5.97 Å². The molecule has 0 bridgehead atoms. The first-order valence-corrected chi connectivity index (χ1v) is 11.2. The highest BCUT2D eigenvalue weighted by atomic mass is 35.5. The van der Waals surface area contributed by atoms with E-state index in [1.807, 2.05) is 25.1 Å². The molecule has 0 atom stereocenters. The lowest BCUT2D eigenvalue weighted by Crippen LogP contribution is -2.05. The lowest BCUT2D eigenvalue weighted by molar-refractivity contribution is -0.129. The monoisotopic (exact) mass is 501 g/mol. The third-order valence-electron chi connectivity index (χ3n) is 4.66. The molecule has 1 heterocycles. The maximum atomic E-state index is 12.4. The maximum absolute atomic E-state index is 12.4. The smallest absolute Gasteiger partial charge is 0.363 e. The number of hydrogen-bond donors (Lipinski definition) is 0. The van der Waals surface area contributed by atoms with Crippen LogP contribution >= 0.6 is 34.8 Å². The number of nitrogens with zero attached hydrogens (tertiary/aromatic N) is 1. The number of carbonyl (C=O) groups is 1. The van der Waals surface area contributed by atoms with Gasteiger partial charge in [-0.2, -0.15) is 0 Å². The minimum atomic E-state index is -0.571. The molecule has 0 saturated carbocycles. The highest BCUT2D eigenvalue weighted by Crippen LogP contribution is 2.38. The van der Waals surface area contributed by atoms with Gasteiger partial charge in [0.1, 0.15) is 6.61 Å². The first-order valence-electron chi connectivity index (χ1n) is 10.1. The summed E-state index contributed by atoms with van der Waals surface area (Å²) >= 11 is 18.7. The molecule has 1 aliphatic heterocycles. The van der Waals surface area contributed by atoms with Crippen LogP contribution < -0.4 is 9.47 Å². The average molecular weight is 503 g/mol. The quantitative estimate of drug-likeness (QED) is 0.259. The Kier molecular flexibility index (Phi) is 7.23. The molecule has 0 N–H and O–H groups in total. The van der Waals surface area contributed by atoms with E-state index in [-0.39, 0.29) is 18.2 Å². The van der Waals surface area contributed by atoms with Crippen LogP contribution in [0.2, 0.25) is 15.1 Å². The molecule has 3 aromatic carbocycles. The summed E-state index contributed by atoms with van der Waals surface area (Å²) in [5.41, 5.74) is 2.17. The van der Waals surface area contributed by atoms with Crippen molar-refractivity contribution in [2.45, 2.75) is 13.5 Å². The van der Waals surface area contributed by atoms with Crippen molar-refractivity contribution in [1.29, 1.82) is 0 Å². The number of aliphatic imine (C=N–C) groups is 1. The predicted octanol–water partition coefficient (Wildman–Crippen LogP) is 6.97. The molecule has 0 amide bonds. The van der Waals surface area contributed by atoms with Gasteiger partial charge in [0, 0.05) is 21.2 Å². The molecule has 0 radical (unpaired) electrons. The molecule has 0 unspecified atom stereocenters. The molecular formula is C25H18Cl3NO4. The average Bonchev–Trinajstić information content (AvgIpc) is 3.15. The lowest BCUT2D eigenvalue weighted by atomic mass is 10.1. The summed E-state index contributed by atoms with van der Waals surface area (Å²) in [6, 6.07) is 17.7. The van der Waals surface area contributed by atoms with Crippen molar-refractivity contribution in [2.24, 2.45) is 4.99 Å². The highest BCUT2D eigenvalue weighted by Gasteiger charge is 2.25. The summed E-state index contributed by atoms with van der Waals surface area (Å²) in [7, 11) is 0. The molecule has 168 valence electrons. The van der Waals surface area contributed by atoms with Crippen molar-refractivity contribution < 1.29 is 19.0 Å². The standard InChI is InChI=1S/C25H18Cl3NO4/c1-2-31-22-12-15(10-20(28)23(22)32-14-17-6-3-4-9-19(17)27)11-21-25(30)33-24(29-21)16-7-5-8-18(26)13-16/h3-13H,2,14H2,1H3. The normalized spacial score (nSPS) is 14.2. The van der Waals surface area contributed by atoms with Gasteiger partial charge in [0.25, 0.3) is 0 Å². The fourth-order valence-corrected chi connectivity index (χ4v) is 3.81. The van der Waals surface area contributed by atoms with E-state index in [0.29, 0.717) is 44.3 Å². The van der Waals surface area contributed by atoms with Gasteiger partial charge < -0.3 is 14.2 Å². The summed E-state index contributed by atoms with van der Waals surface area (Å²) in [6.45, 7) is 2.48. The Bertz CT molecular complexity index is 1270. The van der Waals surface area contributed by atoms with Gasteiger partial charge in [-0.25, -0.2) is 9.79 Å².